The third kappa shape index (κ3) is 4.29. The normalized spacial score (nSPS) is 14.4. The molecule has 0 fully saturated rings. The molecule has 1 atom stereocenters. The number of amides is 1. The first-order chi connectivity index (χ1) is 12.8. The van der Waals surface area contributed by atoms with Crippen molar-refractivity contribution in [2.45, 2.75) is 33.4 Å². The number of sulfone groups is 1. The number of nitrogens with one attached hydrogen (secondary N) is 1. The van der Waals surface area contributed by atoms with Gasteiger partial charge in [0.25, 0.3) is 5.91 Å². The van der Waals surface area contributed by atoms with Gasteiger partial charge in [0.05, 0.1) is 20.5 Å². The summed E-state index contributed by atoms with van der Waals surface area (Å²) in [5.74, 6) is -1.79. The van der Waals surface area contributed by atoms with Crippen molar-refractivity contribution in [2.75, 3.05) is 11.6 Å². The van der Waals surface area contributed by atoms with Crippen molar-refractivity contribution >= 4 is 44.8 Å². The van der Waals surface area contributed by atoms with Gasteiger partial charge in [0.15, 0.2) is 0 Å². The summed E-state index contributed by atoms with van der Waals surface area (Å²) in [6.07, 6.45) is -3.41. The van der Waals surface area contributed by atoms with Gasteiger partial charge in [-0.15, -0.1) is 11.8 Å². The molecular weight excluding hydrogens is 439 g/mol. The first-order valence-electron chi connectivity index (χ1n) is 7.60. The summed E-state index contributed by atoms with van der Waals surface area (Å²) < 4.78 is 64.0. The highest BCUT2D eigenvalue weighted by atomic mass is 35.5. The van der Waals surface area contributed by atoms with E-state index in [4.69, 9.17) is 11.6 Å². The van der Waals surface area contributed by atoms with Crippen LogP contribution < -0.4 is 5.32 Å². The Labute approximate surface area is 168 Å². The van der Waals surface area contributed by atoms with E-state index < -0.39 is 37.4 Å². The van der Waals surface area contributed by atoms with Crippen LogP contribution in [-0.4, -0.2) is 37.5 Å². The molecule has 0 aliphatic heterocycles. The zero-order chi connectivity index (χ0) is 21.3. The molecule has 0 radical (unpaired) electrons. The van der Waals surface area contributed by atoms with Crippen LogP contribution in [0.5, 0.6) is 0 Å². The fraction of sp³-hybridized carbons (Fsp3) is 0.235. The van der Waals surface area contributed by atoms with E-state index in [2.05, 4.69) is 0 Å². The Balaban J connectivity index is 2.43. The number of thioether (sulfide) groups is 1. The zero-order valence-corrected chi connectivity index (χ0v) is 16.9. The van der Waals surface area contributed by atoms with E-state index >= 15 is 0 Å². The molecule has 28 heavy (non-hydrogen) atoms. The Morgan fingerprint density at radius 3 is 2.21 bits per heavy atom. The summed E-state index contributed by atoms with van der Waals surface area (Å²) in [5, 5.41) is 10.8. The van der Waals surface area contributed by atoms with E-state index in [-0.39, 0.29) is 17.5 Å². The van der Waals surface area contributed by atoms with Crippen LogP contribution in [-0.2, 0) is 14.6 Å². The molecule has 0 saturated carbocycles. The lowest BCUT2D eigenvalue weighted by Crippen LogP contribution is -2.52. The minimum atomic E-state index is -5.23. The predicted molar refractivity (Wildman–Crippen MR) is 100 cm³/mol. The van der Waals surface area contributed by atoms with E-state index in [1.807, 2.05) is 11.6 Å². The lowest BCUT2D eigenvalue weighted by Gasteiger charge is -2.25. The largest absolute Gasteiger partial charge is 0.426 e. The number of hydrogen-bond acceptors (Lipinski definition) is 5. The minimum absolute atomic E-state index is 0.0713. The highest BCUT2D eigenvalue weighted by molar-refractivity contribution is 7.98. The van der Waals surface area contributed by atoms with E-state index in [9.17, 15) is 31.5 Å². The van der Waals surface area contributed by atoms with Gasteiger partial charge in [-0.25, -0.2) is 8.42 Å². The number of aliphatic hydroxyl groups is 1. The number of carbonyl (C=O) groups is 1. The summed E-state index contributed by atoms with van der Waals surface area (Å²) >= 11 is 7.47. The Bertz CT molecular complexity index is 990. The average Bonchev–Trinajstić information content (AvgIpc) is 2.62. The molecule has 1 amide bonds. The highest BCUT2D eigenvalue weighted by Gasteiger charge is 2.55. The third-order valence-corrected chi connectivity index (χ3v) is 6.94. The maximum atomic E-state index is 12.8. The number of anilines is 1. The van der Waals surface area contributed by atoms with Crippen LogP contribution >= 0.6 is 23.4 Å². The van der Waals surface area contributed by atoms with Gasteiger partial charge in [-0.05, 0) is 49.6 Å². The molecule has 0 spiro atoms. The molecule has 2 rings (SSSR count). The van der Waals surface area contributed by atoms with Gasteiger partial charge in [0.1, 0.15) is 0 Å². The highest BCUT2D eigenvalue weighted by Crippen LogP contribution is 2.36. The Kier molecular flexibility index (Phi) is 6.39. The number of rotatable bonds is 5. The SMILES string of the molecule is CSc1ccc(S(=O)(=O)c2cccc(NC(=O)C(C)(O)C(F)(F)F)c2Cl)cc1. The van der Waals surface area contributed by atoms with Crippen LogP contribution in [0.4, 0.5) is 18.9 Å². The zero-order valence-electron chi connectivity index (χ0n) is 14.5. The van der Waals surface area contributed by atoms with Gasteiger partial charge in [0, 0.05) is 4.90 Å². The smallest absolute Gasteiger partial charge is 0.373 e. The van der Waals surface area contributed by atoms with E-state index in [0.717, 1.165) is 17.0 Å². The van der Waals surface area contributed by atoms with Crippen molar-refractivity contribution < 1.29 is 31.5 Å². The van der Waals surface area contributed by atoms with Crippen molar-refractivity contribution in [3.8, 4) is 0 Å². The first kappa shape index (κ1) is 22.5. The quantitative estimate of drug-likeness (QED) is 0.664. The second-order valence-electron chi connectivity index (χ2n) is 5.82. The van der Waals surface area contributed by atoms with Crippen LogP contribution in [0, 0.1) is 0 Å². The van der Waals surface area contributed by atoms with Crippen LogP contribution in [0.1, 0.15) is 6.92 Å². The van der Waals surface area contributed by atoms with Crippen LogP contribution in [0.3, 0.4) is 0 Å². The van der Waals surface area contributed by atoms with E-state index in [1.165, 1.54) is 30.0 Å². The second-order valence-corrected chi connectivity index (χ2v) is 9.00. The predicted octanol–water partition coefficient (Wildman–Crippen LogP) is 4.15. The molecule has 2 aromatic rings. The van der Waals surface area contributed by atoms with Crippen molar-refractivity contribution in [2.24, 2.45) is 0 Å². The van der Waals surface area contributed by atoms with E-state index in [1.54, 1.807) is 12.1 Å². The summed E-state index contributed by atoms with van der Waals surface area (Å²) in [6.45, 7) is 0.282. The molecule has 2 N–H and O–H groups in total. The molecule has 152 valence electrons. The Morgan fingerprint density at radius 1 is 1.14 bits per heavy atom. The minimum Gasteiger partial charge on any atom is -0.373 e. The number of carbonyl (C=O) groups excluding carboxylic acids is 1. The molecule has 11 heteroatoms. The molecule has 1 unspecified atom stereocenters. The third-order valence-electron chi connectivity index (χ3n) is 3.86. The second kappa shape index (κ2) is 7.94. The molecular formula is C17H15ClF3NO4S2. The van der Waals surface area contributed by atoms with Crippen molar-refractivity contribution in [3.63, 3.8) is 0 Å². The van der Waals surface area contributed by atoms with Crippen LogP contribution in [0.2, 0.25) is 5.02 Å². The molecule has 0 aliphatic rings. The Morgan fingerprint density at radius 2 is 1.71 bits per heavy atom. The van der Waals surface area contributed by atoms with Crippen LogP contribution in [0.25, 0.3) is 0 Å². The van der Waals surface area contributed by atoms with Gasteiger partial charge in [-0.1, -0.05) is 17.7 Å². The Hall–Kier alpha value is -1.75. The maximum Gasteiger partial charge on any atom is 0.426 e. The first-order valence-corrected chi connectivity index (χ1v) is 10.7. The summed E-state index contributed by atoms with van der Waals surface area (Å²) in [6, 6.07) is 9.44. The van der Waals surface area contributed by atoms with Gasteiger partial charge in [0.2, 0.25) is 15.4 Å². The molecule has 5 nitrogen and oxygen atoms in total. The monoisotopic (exact) mass is 453 g/mol. The standard InChI is InChI=1S/C17H15ClF3NO4S2/c1-16(24,17(19,20)21)15(23)22-12-4-3-5-13(14(12)18)28(25,26)11-8-6-10(27-2)7-9-11/h3-9,24H,1-2H3,(H,22,23). The van der Waals surface area contributed by atoms with E-state index in [0.29, 0.717) is 0 Å². The number of benzene rings is 2. The van der Waals surface area contributed by atoms with Gasteiger partial charge in [-0.2, -0.15) is 13.2 Å². The molecule has 0 saturated heterocycles. The lowest BCUT2D eigenvalue weighted by molar-refractivity contribution is -0.242. The topological polar surface area (TPSA) is 83.5 Å². The molecule has 2 aromatic carbocycles. The molecule has 0 aromatic heterocycles. The summed E-state index contributed by atoms with van der Waals surface area (Å²) in [7, 11) is -4.09. The van der Waals surface area contributed by atoms with Crippen molar-refractivity contribution in [1.82, 2.24) is 0 Å². The fourth-order valence-corrected chi connectivity index (χ4v) is 4.31. The number of halogens is 4. The lowest BCUT2D eigenvalue weighted by atomic mass is 10.1. The summed E-state index contributed by atoms with van der Waals surface area (Å²) in [4.78, 5) is 12.2. The average molecular weight is 454 g/mol. The van der Waals surface area contributed by atoms with Gasteiger partial charge in [-0.3, -0.25) is 4.79 Å². The maximum absolute atomic E-state index is 12.8. The summed E-state index contributed by atoms with van der Waals surface area (Å²) in [5.41, 5.74) is -4.06. The molecule has 0 bridgehead atoms. The van der Waals surface area contributed by atoms with Crippen molar-refractivity contribution in [1.29, 1.82) is 0 Å². The van der Waals surface area contributed by atoms with Gasteiger partial charge >= 0.3 is 6.18 Å². The molecule has 0 aliphatic carbocycles. The number of hydrogen-bond donors (Lipinski definition) is 2. The van der Waals surface area contributed by atoms with Crippen LogP contribution in [0.15, 0.2) is 57.2 Å². The number of alkyl halides is 3. The molecule has 0 heterocycles. The van der Waals surface area contributed by atoms with Crippen molar-refractivity contribution in [3.05, 3.63) is 47.5 Å². The van der Waals surface area contributed by atoms with Gasteiger partial charge < -0.3 is 10.4 Å². The fourth-order valence-electron chi connectivity index (χ4n) is 2.07.